The third-order valence-electron chi connectivity index (χ3n) is 4.94. The Bertz CT molecular complexity index is 1360. The molecule has 0 bridgehead atoms. The second-order valence-electron chi connectivity index (χ2n) is 6.78. The summed E-state index contributed by atoms with van der Waals surface area (Å²) in [5.74, 6) is -0.702. The lowest BCUT2D eigenvalue weighted by atomic mass is 9.82. The first-order valence-electron chi connectivity index (χ1n) is 9.12. The van der Waals surface area contributed by atoms with Crippen molar-refractivity contribution in [3.05, 3.63) is 103 Å². The van der Waals surface area contributed by atoms with Gasteiger partial charge in [0.25, 0.3) is 5.69 Å². The molecule has 0 aliphatic heterocycles. The number of non-ortho nitro benzene ring substituents is 1. The molecule has 1 aliphatic rings. The van der Waals surface area contributed by atoms with Crippen LogP contribution in [0.4, 0.5) is 22.7 Å². The van der Waals surface area contributed by atoms with Crippen molar-refractivity contribution in [2.75, 3.05) is 11.2 Å². The number of nitrogen functional groups attached to an aromatic ring is 1. The molecule has 1 aliphatic carbocycles. The number of carbonyl (C=O) groups excluding carboxylic acids is 2. The molecule has 0 amide bonds. The van der Waals surface area contributed by atoms with Crippen LogP contribution in [0.1, 0.15) is 37.4 Å². The summed E-state index contributed by atoms with van der Waals surface area (Å²) in [7, 11) is 0. The van der Waals surface area contributed by atoms with Gasteiger partial charge in [0.2, 0.25) is 0 Å². The molecule has 0 heterocycles. The van der Waals surface area contributed by atoms with Crippen LogP contribution in [-0.2, 0) is 0 Å². The van der Waals surface area contributed by atoms with Crippen molar-refractivity contribution < 1.29 is 19.4 Å². The highest BCUT2D eigenvalue weighted by Crippen LogP contribution is 2.32. The molecule has 3 N–H and O–H groups in total. The number of fused-ring (bicyclic) bond motifs is 2. The van der Waals surface area contributed by atoms with Crippen molar-refractivity contribution in [1.82, 2.24) is 0 Å². The Balaban J connectivity index is 1.66. The topological polar surface area (TPSA) is 171 Å². The van der Waals surface area contributed by atoms with Crippen LogP contribution >= 0.6 is 0 Å². The summed E-state index contributed by atoms with van der Waals surface area (Å²) in [6.07, 6.45) is 1.24. The van der Waals surface area contributed by atoms with Gasteiger partial charge in [-0.2, -0.15) is 5.10 Å². The Morgan fingerprint density at radius 3 is 2.22 bits per heavy atom. The van der Waals surface area contributed by atoms with Crippen LogP contribution in [-0.4, -0.2) is 27.6 Å². The molecule has 0 saturated carbocycles. The standard InChI is InChI=1S/C21H13N5O6/c22-19-11(10-23-24-16-8-6-12(25(29)30)9-17(16)26(31)32)5-7-15-18(19)21(28)14-4-2-1-3-13(14)20(15)27/h1-10,24H,22H2/b23-10+. The molecular weight excluding hydrogens is 418 g/mol. The summed E-state index contributed by atoms with van der Waals surface area (Å²) in [5, 5.41) is 26.0. The molecule has 0 saturated heterocycles. The average Bonchev–Trinajstić information content (AvgIpc) is 2.78. The highest BCUT2D eigenvalue weighted by molar-refractivity contribution is 6.30. The van der Waals surface area contributed by atoms with Crippen molar-refractivity contribution in [2.45, 2.75) is 0 Å². The maximum atomic E-state index is 12.9. The van der Waals surface area contributed by atoms with Crippen LogP contribution < -0.4 is 11.2 Å². The van der Waals surface area contributed by atoms with E-state index in [0.29, 0.717) is 11.1 Å². The van der Waals surface area contributed by atoms with Crippen molar-refractivity contribution >= 4 is 40.5 Å². The van der Waals surface area contributed by atoms with Gasteiger partial charge in [-0.1, -0.05) is 30.3 Å². The Hall–Kier alpha value is -4.93. The molecule has 11 heteroatoms. The molecule has 158 valence electrons. The van der Waals surface area contributed by atoms with Gasteiger partial charge in [-0.15, -0.1) is 0 Å². The van der Waals surface area contributed by atoms with Gasteiger partial charge >= 0.3 is 5.69 Å². The fourth-order valence-electron chi connectivity index (χ4n) is 3.39. The zero-order chi connectivity index (χ0) is 23.0. The van der Waals surface area contributed by atoms with Crippen LogP contribution in [0.5, 0.6) is 0 Å². The van der Waals surface area contributed by atoms with E-state index in [0.717, 1.165) is 18.2 Å². The van der Waals surface area contributed by atoms with Crippen LogP contribution in [0.15, 0.2) is 59.7 Å². The number of nitro benzene ring substituents is 2. The Kier molecular flexibility index (Phi) is 4.91. The lowest BCUT2D eigenvalue weighted by Gasteiger charge is -2.19. The van der Waals surface area contributed by atoms with Crippen molar-refractivity contribution in [3.63, 3.8) is 0 Å². The Morgan fingerprint density at radius 1 is 0.875 bits per heavy atom. The minimum absolute atomic E-state index is 0.0408. The first-order valence-corrected chi connectivity index (χ1v) is 9.12. The normalized spacial score (nSPS) is 12.4. The fourth-order valence-corrected chi connectivity index (χ4v) is 3.39. The number of anilines is 2. The zero-order valence-electron chi connectivity index (χ0n) is 16.1. The molecule has 0 unspecified atom stereocenters. The van der Waals surface area contributed by atoms with E-state index in [9.17, 15) is 29.8 Å². The molecule has 0 spiro atoms. The first-order chi connectivity index (χ1) is 15.3. The average molecular weight is 431 g/mol. The number of nitro groups is 2. The van der Waals surface area contributed by atoms with Crippen LogP contribution in [0.3, 0.4) is 0 Å². The number of nitrogens with one attached hydrogen (secondary N) is 1. The molecule has 3 aromatic carbocycles. The summed E-state index contributed by atoms with van der Waals surface area (Å²) in [6, 6.07) is 12.5. The van der Waals surface area contributed by atoms with Gasteiger partial charge in [0.15, 0.2) is 11.6 Å². The molecule has 11 nitrogen and oxygen atoms in total. The highest BCUT2D eigenvalue weighted by atomic mass is 16.6. The lowest BCUT2D eigenvalue weighted by molar-refractivity contribution is -0.393. The van der Waals surface area contributed by atoms with E-state index in [1.54, 1.807) is 24.3 Å². The Labute approximate surface area is 179 Å². The van der Waals surface area contributed by atoms with E-state index in [1.165, 1.54) is 18.3 Å². The maximum Gasteiger partial charge on any atom is 0.301 e. The van der Waals surface area contributed by atoms with Crippen molar-refractivity contribution in [3.8, 4) is 0 Å². The van der Waals surface area contributed by atoms with Crippen molar-refractivity contribution in [2.24, 2.45) is 5.10 Å². The van der Waals surface area contributed by atoms with Gasteiger partial charge in [-0.05, 0) is 12.1 Å². The highest BCUT2D eigenvalue weighted by Gasteiger charge is 2.31. The minimum atomic E-state index is -0.778. The summed E-state index contributed by atoms with van der Waals surface area (Å²) in [5.41, 5.74) is 8.71. The molecule has 3 aromatic rings. The molecule has 4 rings (SSSR count). The largest absolute Gasteiger partial charge is 0.398 e. The lowest BCUT2D eigenvalue weighted by Crippen LogP contribution is -2.23. The quantitative estimate of drug-likeness (QED) is 0.210. The number of hydrogen-bond acceptors (Lipinski definition) is 9. The van der Waals surface area contributed by atoms with E-state index >= 15 is 0 Å². The van der Waals surface area contributed by atoms with Gasteiger partial charge in [0, 0.05) is 28.3 Å². The monoisotopic (exact) mass is 431 g/mol. The molecule has 0 aromatic heterocycles. The van der Waals surface area contributed by atoms with Gasteiger partial charge in [0.1, 0.15) is 5.69 Å². The predicted octanol–water partition coefficient (Wildman–Crippen LogP) is 3.31. The minimum Gasteiger partial charge on any atom is -0.398 e. The number of nitrogens with two attached hydrogens (primary N) is 1. The molecular formula is C21H13N5O6. The number of ketones is 2. The molecule has 0 fully saturated rings. The van der Waals surface area contributed by atoms with Crippen molar-refractivity contribution in [1.29, 1.82) is 0 Å². The zero-order valence-corrected chi connectivity index (χ0v) is 16.1. The number of benzene rings is 3. The third-order valence-corrected chi connectivity index (χ3v) is 4.94. The number of carbonyl (C=O) groups is 2. The summed E-state index contributed by atoms with van der Waals surface area (Å²) < 4.78 is 0. The predicted molar refractivity (Wildman–Crippen MR) is 115 cm³/mol. The second-order valence-corrected chi connectivity index (χ2v) is 6.78. The number of hydrogen-bond donors (Lipinski definition) is 2. The number of nitrogens with zero attached hydrogens (tertiary/aromatic N) is 3. The second kappa shape index (κ2) is 7.72. The maximum absolute atomic E-state index is 12.9. The first kappa shape index (κ1) is 20.3. The Morgan fingerprint density at radius 2 is 1.56 bits per heavy atom. The van der Waals surface area contributed by atoms with Gasteiger partial charge < -0.3 is 5.73 Å². The molecule has 0 radical (unpaired) electrons. The van der Waals surface area contributed by atoms with Gasteiger partial charge in [-0.3, -0.25) is 35.2 Å². The fraction of sp³-hybridized carbons (Fsp3) is 0. The molecule has 32 heavy (non-hydrogen) atoms. The summed E-state index contributed by atoms with van der Waals surface area (Å²) >= 11 is 0. The van der Waals surface area contributed by atoms with Gasteiger partial charge in [-0.25, -0.2) is 0 Å². The molecule has 0 atom stereocenters. The van der Waals surface area contributed by atoms with E-state index in [1.807, 2.05) is 0 Å². The van der Waals surface area contributed by atoms with Crippen LogP contribution in [0.25, 0.3) is 0 Å². The van der Waals surface area contributed by atoms with Crippen LogP contribution in [0.2, 0.25) is 0 Å². The number of rotatable bonds is 5. The SMILES string of the molecule is Nc1c(/C=N/Nc2ccc([N+](=O)[O-])cc2[N+](=O)[O-])ccc2c1C(=O)c1ccccc1C2=O. The summed E-state index contributed by atoms with van der Waals surface area (Å²) in [4.78, 5) is 46.2. The van der Waals surface area contributed by atoms with Gasteiger partial charge in [0.05, 0.1) is 33.4 Å². The summed E-state index contributed by atoms with van der Waals surface area (Å²) in [6.45, 7) is 0. The van der Waals surface area contributed by atoms with E-state index in [2.05, 4.69) is 10.5 Å². The smallest absolute Gasteiger partial charge is 0.301 e. The third kappa shape index (κ3) is 3.33. The van der Waals surface area contributed by atoms with E-state index < -0.39 is 21.2 Å². The number of hydrazone groups is 1. The van der Waals surface area contributed by atoms with E-state index in [-0.39, 0.29) is 39.6 Å². The van der Waals surface area contributed by atoms with Crippen LogP contribution in [0, 0.1) is 20.2 Å². The van der Waals surface area contributed by atoms with E-state index in [4.69, 9.17) is 5.73 Å².